The third-order valence-corrected chi connectivity index (χ3v) is 5.12. The molecule has 1 amide bonds. The van der Waals surface area contributed by atoms with E-state index in [1.54, 1.807) is 31.4 Å². The Bertz CT molecular complexity index is 931. The van der Waals surface area contributed by atoms with Crippen molar-refractivity contribution >= 4 is 17.4 Å². The summed E-state index contributed by atoms with van der Waals surface area (Å²) in [7, 11) is 1.59. The molecule has 2 aromatic carbocycles. The van der Waals surface area contributed by atoms with Gasteiger partial charge in [-0.3, -0.25) is 9.59 Å². The Morgan fingerprint density at radius 3 is 2.33 bits per heavy atom. The van der Waals surface area contributed by atoms with Crippen LogP contribution >= 0.6 is 0 Å². The molecule has 1 aliphatic heterocycles. The van der Waals surface area contributed by atoms with E-state index in [4.69, 9.17) is 9.47 Å². The number of ketones is 1. The number of carbonyl (C=O) groups is 2. The standard InChI is InChI=1S/C24H27NO5/c1-4-30-19-12-10-17(11-13-19)21-20(22(26)18-8-6-16(2)7-9-18)23(27)24(28)25(21)14-5-15-29-3/h6-13,21,26H,4-5,14-15H2,1-3H3/b22-20+/t21-/m1/s1. The third kappa shape index (κ3) is 4.39. The molecule has 1 saturated heterocycles. The van der Waals surface area contributed by atoms with Crippen LogP contribution in [0.3, 0.4) is 0 Å². The van der Waals surface area contributed by atoms with Crippen molar-refractivity contribution in [2.45, 2.75) is 26.3 Å². The molecule has 6 nitrogen and oxygen atoms in total. The summed E-state index contributed by atoms with van der Waals surface area (Å²) in [6.07, 6.45) is 0.585. The van der Waals surface area contributed by atoms with Crippen molar-refractivity contribution in [1.29, 1.82) is 0 Å². The second-order valence-electron chi connectivity index (χ2n) is 7.21. The zero-order valence-electron chi connectivity index (χ0n) is 17.6. The van der Waals surface area contributed by atoms with Crippen LogP contribution in [0.1, 0.15) is 36.1 Å². The Kier molecular flexibility index (Phi) is 6.90. The van der Waals surface area contributed by atoms with Crippen LogP contribution in [0.25, 0.3) is 5.76 Å². The van der Waals surface area contributed by atoms with E-state index < -0.39 is 17.7 Å². The normalized spacial score (nSPS) is 18.1. The van der Waals surface area contributed by atoms with Gasteiger partial charge in [0.25, 0.3) is 11.7 Å². The number of aryl methyl sites for hydroxylation is 1. The quantitative estimate of drug-likeness (QED) is 0.310. The number of Topliss-reactive ketones (excluding diaryl/α,β-unsaturated/α-hetero) is 1. The summed E-state index contributed by atoms with van der Waals surface area (Å²) in [4.78, 5) is 27.2. The number of carbonyl (C=O) groups excluding carboxylic acids is 2. The lowest BCUT2D eigenvalue weighted by Crippen LogP contribution is -2.31. The SMILES string of the molecule is CCOc1ccc([C@@H]2/C(=C(\O)c3ccc(C)cc3)C(=O)C(=O)N2CCCOC)cc1. The van der Waals surface area contributed by atoms with Crippen LogP contribution in [0.4, 0.5) is 0 Å². The van der Waals surface area contributed by atoms with Gasteiger partial charge in [-0.05, 0) is 38.0 Å². The van der Waals surface area contributed by atoms with Gasteiger partial charge in [-0.25, -0.2) is 0 Å². The predicted molar refractivity (Wildman–Crippen MR) is 114 cm³/mol. The molecule has 1 fully saturated rings. The molecule has 2 aromatic rings. The molecule has 1 N–H and O–H groups in total. The highest BCUT2D eigenvalue weighted by molar-refractivity contribution is 6.46. The maximum atomic E-state index is 12.9. The molecular weight excluding hydrogens is 382 g/mol. The summed E-state index contributed by atoms with van der Waals surface area (Å²) >= 11 is 0. The van der Waals surface area contributed by atoms with Crippen molar-refractivity contribution in [2.75, 3.05) is 26.9 Å². The van der Waals surface area contributed by atoms with Gasteiger partial charge in [0, 0.05) is 25.8 Å². The Morgan fingerprint density at radius 2 is 1.73 bits per heavy atom. The number of aliphatic hydroxyl groups is 1. The van der Waals surface area contributed by atoms with Crippen LogP contribution in [0.2, 0.25) is 0 Å². The Labute approximate surface area is 176 Å². The van der Waals surface area contributed by atoms with Crippen molar-refractivity contribution in [3.63, 3.8) is 0 Å². The Morgan fingerprint density at radius 1 is 1.07 bits per heavy atom. The first-order valence-electron chi connectivity index (χ1n) is 10.0. The summed E-state index contributed by atoms with van der Waals surface area (Å²) in [5, 5.41) is 11.0. The largest absolute Gasteiger partial charge is 0.507 e. The fraction of sp³-hybridized carbons (Fsp3) is 0.333. The average Bonchev–Trinajstić information content (AvgIpc) is 3.00. The number of hydrogen-bond acceptors (Lipinski definition) is 5. The second-order valence-corrected chi connectivity index (χ2v) is 7.21. The zero-order valence-corrected chi connectivity index (χ0v) is 17.6. The van der Waals surface area contributed by atoms with Gasteiger partial charge in [-0.1, -0.05) is 42.0 Å². The number of nitrogens with zero attached hydrogens (tertiary/aromatic N) is 1. The second kappa shape index (κ2) is 9.59. The first kappa shape index (κ1) is 21.6. The van der Waals surface area contributed by atoms with Crippen LogP contribution in [-0.2, 0) is 14.3 Å². The van der Waals surface area contributed by atoms with Gasteiger partial charge in [0.05, 0.1) is 18.2 Å². The fourth-order valence-corrected chi connectivity index (χ4v) is 3.62. The molecule has 0 saturated carbocycles. The van der Waals surface area contributed by atoms with E-state index in [0.717, 1.165) is 11.1 Å². The molecule has 1 aliphatic rings. The molecule has 3 rings (SSSR count). The smallest absolute Gasteiger partial charge is 0.295 e. The number of rotatable bonds is 8. The molecule has 30 heavy (non-hydrogen) atoms. The van der Waals surface area contributed by atoms with Gasteiger partial charge in [0.2, 0.25) is 0 Å². The minimum atomic E-state index is -0.677. The molecule has 1 atom stereocenters. The molecule has 0 spiro atoms. The van der Waals surface area contributed by atoms with E-state index in [2.05, 4.69) is 0 Å². The number of likely N-dealkylation sites (tertiary alicyclic amines) is 1. The van der Waals surface area contributed by atoms with Gasteiger partial charge in [0.15, 0.2) is 0 Å². The number of aliphatic hydroxyl groups excluding tert-OH is 1. The number of amides is 1. The molecule has 0 bridgehead atoms. The lowest BCUT2D eigenvalue weighted by molar-refractivity contribution is -0.140. The van der Waals surface area contributed by atoms with E-state index in [-0.39, 0.29) is 11.3 Å². The molecular formula is C24H27NO5. The van der Waals surface area contributed by atoms with E-state index >= 15 is 0 Å². The number of methoxy groups -OCH3 is 1. The minimum absolute atomic E-state index is 0.102. The van der Waals surface area contributed by atoms with E-state index in [9.17, 15) is 14.7 Å². The van der Waals surface area contributed by atoms with E-state index in [0.29, 0.717) is 37.5 Å². The van der Waals surface area contributed by atoms with Crippen molar-refractivity contribution in [3.05, 3.63) is 70.8 Å². The summed E-state index contributed by atoms with van der Waals surface area (Å²) in [5.74, 6) is -0.749. The van der Waals surface area contributed by atoms with E-state index in [1.165, 1.54) is 4.90 Å². The van der Waals surface area contributed by atoms with Crippen LogP contribution in [0.5, 0.6) is 5.75 Å². The first-order valence-corrected chi connectivity index (χ1v) is 10.0. The van der Waals surface area contributed by atoms with Gasteiger partial charge < -0.3 is 19.5 Å². The monoisotopic (exact) mass is 409 g/mol. The maximum absolute atomic E-state index is 12.9. The van der Waals surface area contributed by atoms with Crippen LogP contribution in [-0.4, -0.2) is 48.6 Å². The van der Waals surface area contributed by atoms with Crippen molar-refractivity contribution < 1.29 is 24.2 Å². The molecule has 0 radical (unpaired) electrons. The average molecular weight is 409 g/mol. The number of benzene rings is 2. The van der Waals surface area contributed by atoms with Crippen LogP contribution in [0, 0.1) is 6.92 Å². The van der Waals surface area contributed by atoms with Crippen LogP contribution < -0.4 is 4.74 Å². The molecule has 0 unspecified atom stereocenters. The Balaban J connectivity index is 2.07. The van der Waals surface area contributed by atoms with E-state index in [1.807, 2.05) is 38.1 Å². The highest BCUT2D eigenvalue weighted by Gasteiger charge is 2.45. The highest BCUT2D eigenvalue weighted by atomic mass is 16.5. The molecule has 1 heterocycles. The number of ether oxygens (including phenoxy) is 2. The summed E-state index contributed by atoms with van der Waals surface area (Å²) in [5.41, 5.74) is 2.38. The molecule has 0 aliphatic carbocycles. The Hall–Kier alpha value is -3.12. The summed E-state index contributed by atoms with van der Waals surface area (Å²) < 4.78 is 10.6. The highest BCUT2D eigenvalue weighted by Crippen LogP contribution is 2.39. The van der Waals surface area contributed by atoms with Crippen molar-refractivity contribution in [3.8, 4) is 5.75 Å². The van der Waals surface area contributed by atoms with Gasteiger partial charge in [-0.2, -0.15) is 0 Å². The zero-order chi connectivity index (χ0) is 21.7. The molecule has 0 aromatic heterocycles. The lowest BCUT2D eigenvalue weighted by atomic mass is 9.95. The molecule has 6 heteroatoms. The topological polar surface area (TPSA) is 76.1 Å². The number of hydrogen-bond donors (Lipinski definition) is 1. The van der Waals surface area contributed by atoms with Gasteiger partial charge in [-0.15, -0.1) is 0 Å². The van der Waals surface area contributed by atoms with Crippen molar-refractivity contribution in [2.24, 2.45) is 0 Å². The fourth-order valence-electron chi connectivity index (χ4n) is 3.62. The van der Waals surface area contributed by atoms with Gasteiger partial charge in [0.1, 0.15) is 11.5 Å². The minimum Gasteiger partial charge on any atom is -0.507 e. The lowest BCUT2D eigenvalue weighted by Gasteiger charge is -2.25. The van der Waals surface area contributed by atoms with Gasteiger partial charge >= 0.3 is 0 Å². The summed E-state index contributed by atoms with van der Waals surface area (Å²) in [6, 6.07) is 13.8. The molecule has 158 valence electrons. The van der Waals surface area contributed by atoms with Crippen LogP contribution in [0.15, 0.2) is 54.1 Å². The predicted octanol–water partition coefficient (Wildman–Crippen LogP) is 3.85. The third-order valence-electron chi connectivity index (χ3n) is 5.12. The first-order chi connectivity index (χ1) is 14.5. The summed E-state index contributed by atoms with van der Waals surface area (Å²) in [6.45, 7) is 5.21. The van der Waals surface area contributed by atoms with Crippen molar-refractivity contribution in [1.82, 2.24) is 4.90 Å². The maximum Gasteiger partial charge on any atom is 0.295 e.